The van der Waals surface area contributed by atoms with Crippen molar-refractivity contribution in [2.45, 2.75) is 6.42 Å². The Labute approximate surface area is 162 Å². The van der Waals surface area contributed by atoms with Crippen LogP contribution in [0.5, 0.6) is 5.75 Å². The predicted octanol–water partition coefficient (Wildman–Crippen LogP) is 2.63. The van der Waals surface area contributed by atoms with E-state index in [0.29, 0.717) is 22.9 Å². The van der Waals surface area contributed by atoms with Gasteiger partial charge in [-0.2, -0.15) is 0 Å². The number of nitrogens with zero attached hydrogens (tertiary/aromatic N) is 2. The number of benzene rings is 2. The molecule has 2 aromatic carbocycles. The molecule has 27 heavy (non-hydrogen) atoms. The summed E-state index contributed by atoms with van der Waals surface area (Å²) in [5, 5.41) is 0.552. The Bertz CT molecular complexity index is 942. The molecule has 5 nitrogen and oxygen atoms in total. The number of fused-ring (bicyclic) bond motifs is 1. The molecule has 0 fully saturated rings. The highest BCUT2D eigenvalue weighted by Crippen LogP contribution is 2.34. The van der Waals surface area contributed by atoms with Gasteiger partial charge in [-0.15, -0.1) is 0 Å². The molecule has 0 atom stereocenters. The molecule has 1 aromatic heterocycles. The number of hydrogen-bond acceptors (Lipinski definition) is 4. The number of rotatable bonds is 7. The van der Waals surface area contributed by atoms with Crippen LogP contribution in [-0.4, -0.2) is 45.2 Å². The van der Waals surface area contributed by atoms with Crippen molar-refractivity contribution in [2.75, 3.05) is 39.2 Å². The summed E-state index contributed by atoms with van der Waals surface area (Å²) in [5.41, 5.74) is 0.769. The molecule has 7 heteroatoms. The zero-order chi connectivity index (χ0) is 19.4. The van der Waals surface area contributed by atoms with E-state index in [9.17, 15) is 9.18 Å². The van der Waals surface area contributed by atoms with Crippen molar-refractivity contribution in [3.8, 4) is 5.75 Å². The topological polar surface area (TPSA) is 46.9 Å². The summed E-state index contributed by atoms with van der Waals surface area (Å²) >= 11 is 1.41. The monoisotopic (exact) mass is 388 g/mol. The fourth-order valence-corrected chi connectivity index (χ4v) is 3.85. The smallest absolute Gasteiger partial charge is 0.263 e. The molecule has 0 radical (unpaired) electrons. The lowest BCUT2D eigenvalue weighted by atomic mass is 10.2. The van der Waals surface area contributed by atoms with E-state index in [2.05, 4.69) is 19.1 Å². The SMILES string of the molecule is COc1cccc2sc(N(CCC[NH+](C)C)C(=O)c3ccccc3F)nc12. The first-order valence-electron chi connectivity index (χ1n) is 8.80. The van der Waals surface area contributed by atoms with Gasteiger partial charge in [0.1, 0.15) is 17.1 Å². The zero-order valence-corrected chi connectivity index (χ0v) is 16.5. The molecule has 0 bridgehead atoms. The lowest BCUT2D eigenvalue weighted by Gasteiger charge is -2.20. The van der Waals surface area contributed by atoms with Crippen molar-refractivity contribution in [3.63, 3.8) is 0 Å². The van der Waals surface area contributed by atoms with Crippen LogP contribution < -0.4 is 14.5 Å². The third kappa shape index (κ3) is 4.26. The highest BCUT2D eigenvalue weighted by Gasteiger charge is 2.24. The van der Waals surface area contributed by atoms with Gasteiger partial charge in [0.15, 0.2) is 5.13 Å². The number of thiazole rings is 1. The highest BCUT2D eigenvalue weighted by atomic mass is 32.1. The van der Waals surface area contributed by atoms with E-state index >= 15 is 0 Å². The van der Waals surface area contributed by atoms with Gasteiger partial charge >= 0.3 is 0 Å². The Morgan fingerprint density at radius 3 is 2.70 bits per heavy atom. The first-order valence-corrected chi connectivity index (χ1v) is 9.62. The number of anilines is 1. The molecule has 0 saturated heterocycles. The van der Waals surface area contributed by atoms with Crippen molar-refractivity contribution in [2.24, 2.45) is 0 Å². The van der Waals surface area contributed by atoms with Crippen LogP contribution in [0.4, 0.5) is 9.52 Å². The molecule has 3 rings (SSSR count). The summed E-state index contributed by atoms with van der Waals surface area (Å²) in [7, 11) is 5.72. The maximum absolute atomic E-state index is 14.2. The van der Waals surface area contributed by atoms with Crippen LogP contribution in [-0.2, 0) is 0 Å². The molecule has 0 spiro atoms. The van der Waals surface area contributed by atoms with Crippen molar-refractivity contribution < 1.29 is 18.8 Å². The number of amides is 1. The van der Waals surface area contributed by atoms with E-state index in [1.54, 1.807) is 24.1 Å². The number of quaternary nitrogens is 1. The normalized spacial score (nSPS) is 11.1. The van der Waals surface area contributed by atoms with Crippen LogP contribution in [0.25, 0.3) is 10.2 Å². The number of aromatic nitrogens is 1. The minimum absolute atomic E-state index is 0.0564. The van der Waals surface area contributed by atoms with Crippen LogP contribution in [0.15, 0.2) is 42.5 Å². The molecule has 0 saturated carbocycles. The quantitative estimate of drug-likeness (QED) is 0.677. The fraction of sp³-hybridized carbons (Fsp3) is 0.300. The first kappa shape index (κ1) is 19.3. The number of hydrogen-bond donors (Lipinski definition) is 1. The molecule has 0 unspecified atom stereocenters. The number of carbonyl (C=O) groups excluding carboxylic acids is 1. The largest absolute Gasteiger partial charge is 0.494 e. The lowest BCUT2D eigenvalue weighted by Crippen LogP contribution is -3.05. The van der Waals surface area contributed by atoms with E-state index in [1.807, 2.05) is 18.2 Å². The second-order valence-corrected chi connectivity index (χ2v) is 7.56. The third-order valence-corrected chi connectivity index (χ3v) is 5.27. The van der Waals surface area contributed by atoms with Gasteiger partial charge in [-0.25, -0.2) is 9.37 Å². The maximum Gasteiger partial charge on any atom is 0.263 e. The fourth-order valence-electron chi connectivity index (χ4n) is 2.85. The average Bonchev–Trinajstić information content (AvgIpc) is 3.08. The molecular weight excluding hydrogens is 365 g/mol. The van der Waals surface area contributed by atoms with Crippen LogP contribution in [0.2, 0.25) is 0 Å². The minimum Gasteiger partial charge on any atom is -0.494 e. The van der Waals surface area contributed by atoms with Gasteiger partial charge < -0.3 is 9.64 Å². The Morgan fingerprint density at radius 1 is 1.22 bits per heavy atom. The van der Waals surface area contributed by atoms with Gasteiger partial charge in [0.25, 0.3) is 5.91 Å². The van der Waals surface area contributed by atoms with Crippen molar-refractivity contribution in [1.82, 2.24) is 4.98 Å². The summed E-state index contributed by atoms with van der Waals surface area (Å²) in [6, 6.07) is 11.7. The second kappa shape index (κ2) is 8.45. The maximum atomic E-state index is 14.2. The Morgan fingerprint density at radius 2 is 2.00 bits per heavy atom. The van der Waals surface area contributed by atoms with Gasteiger partial charge in [0.2, 0.25) is 0 Å². The molecule has 3 aromatic rings. The van der Waals surface area contributed by atoms with E-state index in [4.69, 9.17) is 4.74 Å². The van der Waals surface area contributed by atoms with Crippen molar-refractivity contribution >= 4 is 32.6 Å². The Hall–Kier alpha value is -2.51. The Balaban J connectivity index is 1.99. The number of methoxy groups -OCH3 is 1. The first-order chi connectivity index (χ1) is 13.0. The number of nitrogens with one attached hydrogen (secondary N) is 1. The van der Waals surface area contributed by atoms with E-state index in [0.717, 1.165) is 17.7 Å². The number of ether oxygens (including phenoxy) is 1. The van der Waals surface area contributed by atoms with Crippen LogP contribution >= 0.6 is 11.3 Å². The second-order valence-electron chi connectivity index (χ2n) is 6.55. The number of carbonyl (C=O) groups is 1. The predicted molar refractivity (Wildman–Crippen MR) is 107 cm³/mol. The summed E-state index contributed by atoms with van der Waals surface area (Å²) < 4.78 is 20.5. The summed E-state index contributed by atoms with van der Waals surface area (Å²) in [6.07, 6.45) is 0.787. The van der Waals surface area contributed by atoms with E-state index < -0.39 is 5.82 Å². The van der Waals surface area contributed by atoms with Crippen molar-refractivity contribution in [3.05, 3.63) is 53.8 Å². The summed E-state index contributed by atoms with van der Waals surface area (Å²) in [6.45, 7) is 1.37. The van der Waals surface area contributed by atoms with Crippen molar-refractivity contribution in [1.29, 1.82) is 0 Å². The molecule has 0 aliphatic heterocycles. The molecule has 1 heterocycles. The zero-order valence-electron chi connectivity index (χ0n) is 15.7. The summed E-state index contributed by atoms with van der Waals surface area (Å²) in [4.78, 5) is 20.6. The number of para-hydroxylation sites is 1. The molecule has 0 aliphatic carbocycles. The lowest BCUT2D eigenvalue weighted by molar-refractivity contribution is -0.858. The van der Waals surface area contributed by atoms with Crippen LogP contribution in [0.3, 0.4) is 0 Å². The van der Waals surface area contributed by atoms with Gasteiger partial charge in [0.05, 0.1) is 38.0 Å². The third-order valence-electron chi connectivity index (χ3n) is 4.23. The minimum atomic E-state index is -0.524. The van der Waals surface area contributed by atoms with E-state index in [-0.39, 0.29) is 11.5 Å². The van der Waals surface area contributed by atoms with Gasteiger partial charge in [-0.1, -0.05) is 29.5 Å². The molecular formula is C20H23FN3O2S+. The average molecular weight is 388 g/mol. The molecule has 0 aliphatic rings. The molecule has 142 valence electrons. The van der Waals surface area contributed by atoms with Gasteiger partial charge in [-0.05, 0) is 24.3 Å². The standard InChI is InChI=1S/C20H22FN3O2S/c1-23(2)12-7-13-24(19(25)14-8-4-5-9-15(14)21)20-22-18-16(26-3)10-6-11-17(18)27-20/h4-6,8-11H,7,12-13H2,1-3H3/p+1. The van der Waals surface area contributed by atoms with E-state index in [1.165, 1.54) is 28.4 Å². The highest BCUT2D eigenvalue weighted by molar-refractivity contribution is 7.22. The number of halogens is 1. The molecule has 1 amide bonds. The Kier molecular flexibility index (Phi) is 6.03. The van der Waals surface area contributed by atoms with Crippen LogP contribution in [0.1, 0.15) is 16.8 Å². The van der Waals surface area contributed by atoms with Crippen LogP contribution in [0, 0.1) is 5.82 Å². The van der Waals surface area contributed by atoms with Gasteiger partial charge in [-0.3, -0.25) is 9.69 Å². The molecule has 1 N–H and O–H groups in total. The summed E-state index contributed by atoms with van der Waals surface area (Å²) in [5.74, 6) is -0.240. The van der Waals surface area contributed by atoms with Gasteiger partial charge in [0, 0.05) is 13.0 Å².